The van der Waals surface area contributed by atoms with E-state index in [4.69, 9.17) is 14.7 Å². The van der Waals surface area contributed by atoms with Crippen molar-refractivity contribution in [3.8, 4) is 11.8 Å². The standard InChI is InChI=1S/C13H15NO3/c1-3-17-13(15)11-7-6-10(5-4-8-14)12(9-11)16-2/h6-7,9H,3-5H2,1-2H3. The van der Waals surface area contributed by atoms with Crippen LogP contribution in [-0.2, 0) is 11.2 Å². The first-order valence-electron chi connectivity index (χ1n) is 5.44. The van der Waals surface area contributed by atoms with Gasteiger partial charge in [0, 0.05) is 6.42 Å². The van der Waals surface area contributed by atoms with Crippen molar-refractivity contribution in [2.75, 3.05) is 13.7 Å². The van der Waals surface area contributed by atoms with Crippen molar-refractivity contribution in [1.82, 2.24) is 0 Å². The Hall–Kier alpha value is -2.02. The quantitative estimate of drug-likeness (QED) is 0.732. The van der Waals surface area contributed by atoms with Crippen LogP contribution >= 0.6 is 0 Å². The van der Waals surface area contributed by atoms with E-state index in [0.29, 0.717) is 30.8 Å². The fourth-order valence-electron chi connectivity index (χ4n) is 1.48. The summed E-state index contributed by atoms with van der Waals surface area (Å²) in [7, 11) is 1.54. The molecule has 0 amide bonds. The number of carbonyl (C=O) groups is 1. The average molecular weight is 233 g/mol. The lowest BCUT2D eigenvalue weighted by atomic mass is 10.1. The third-order valence-electron chi connectivity index (χ3n) is 2.30. The van der Waals surface area contributed by atoms with Crippen molar-refractivity contribution < 1.29 is 14.3 Å². The molecule has 0 bridgehead atoms. The molecule has 1 aromatic rings. The minimum atomic E-state index is -0.363. The van der Waals surface area contributed by atoms with E-state index < -0.39 is 0 Å². The molecule has 0 heterocycles. The number of hydrogen-bond acceptors (Lipinski definition) is 4. The highest BCUT2D eigenvalue weighted by molar-refractivity contribution is 5.90. The van der Waals surface area contributed by atoms with E-state index >= 15 is 0 Å². The van der Waals surface area contributed by atoms with E-state index in [1.54, 1.807) is 32.2 Å². The monoisotopic (exact) mass is 233 g/mol. The number of ether oxygens (including phenoxy) is 2. The smallest absolute Gasteiger partial charge is 0.338 e. The number of aryl methyl sites for hydroxylation is 1. The summed E-state index contributed by atoms with van der Waals surface area (Å²) in [4.78, 5) is 11.5. The molecule has 0 atom stereocenters. The predicted molar refractivity (Wildman–Crippen MR) is 62.9 cm³/mol. The van der Waals surface area contributed by atoms with E-state index in [9.17, 15) is 4.79 Å². The Bertz CT molecular complexity index is 435. The summed E-state index contributed by atoms with van der Waals surface area (Å²) in [5.41, 5.74) is 1.38. The summed E-state index contributed by atoms with van der Waals surface area (Å²) in [6, 6.07) is 7.20. The Morgan fingerprint density at radius 2 is 2.24 bits per heavy atom. The van der Waals surface area contributed by atoms with Crippen LogP contribution in [0.25, 0.3) is 0 Å². The Morgan fingerprint density at radius 3 is 2.82 bits per heavy atom. The van der Waals surface area contributed by atoms with Gasteiger partial charge in [-0.15, -0.1) is 0 Å². The van der Waals surface area contributed by atoms with E-state index in [1.165, 1.54) is 0 Å². The zero-order valence-electron chi connectivity index (χ0n) is 10.0. The van der Waals surface area contributed by atoms with Crippen molar-refractivity contribution in [2.45, 2.75) is 19.8 Å². The summed E-state index contributed by atoms with van der Waals surface area (Å²) in [6.07, 6.45) is 1.04. The number of esters is 1. The first-order valence-corrected chi connectivity index (χ1v) is 5.44. The van der Waals surface area contributed by atoms with Gasteiger partial charge in [0.05, 0.1) is 25.3 Å². The minimum Gasteiger partial charge on any atom is -0.496 e. The number of hydrogen-bond donors (Lipinski definition) is 0. The van der Waals surface area contributed by atoms with Gasteiger partial charge in [-0.25, -0.2) is 4.79 Å². The number of nitriles is 1. The van der Waals surface area contributed by atoms with Gasteiger partial charge in [0.25, 0.3) is 0 Å². The third kappa shape index (κ3) is 3.49. The molecule has 0 unspecified atom stereocenters. The molecule has 0 spiro atoms. The van der Waals surface area contributed by atoms with E-state index in [2.05, 4.69) is 6.07 Å². The zero-order valence-corrected chi connectivity index (χ0v) is 10.0. The minimum absolute atomic E-state index is 0.345. The zero-order chi connectivity index (χ0) is 12.7. The van der Waals surface area contributed by atoms with Crippen LogP contribution in [0, 0.1) is 11.3 Å². The van der Waals surface area contributed by atoms with Crippen molar-refractivity contribution in [2.24, 2.45) is 0 Å². The second-order valence-corrected chi connectivity index (χ2v) is 3.41. The van der Waals surface area contributed by atoms with Gasteiger partial charge in [0.1, 0.15) is 5.75 Å². The molecule has 0 saturated carbocycles. The van der Waals surface area contributed by atoms with Crippen molar-refractivity contribution in [1.29, 1.82) is 5.26 Å². The van der Waals surface area contributed by atoms with Gasteiger partial charge < -0.3 is 9.47 Å². The third-order valence-corrected chi connectivity index (χ3v) is 2.30. The first kappa shape index (κ1) is 13.0. The highest BCUT2D eigenvalue weighted by Crippen LogP contribution is 2.22. The molecule has 0 saturated heterocycles. The van der Waals surface area contributed by atoms with Crippen LogP contribution < -0.4 is 4.74 Å². The van der Waals surface area contributed by atoms with Crippen LogP contribution in [0.15, 0.2) is 18.2 Å². The van der Waals surface area contributed by atoms with Gasteiger partial charge in [-0.3, -0.25) is 0 Å². The Kier molecular flexibility index (Phi) is 5.02. The maximum Gasteiger partial charge on any atom is 0.338 e. The molecular weight excluding hydrogens is 218 g/mol. The Balaban J connectivity index is 2.92. The normalized spacial score (nSPS) is 9.47. The molecule has 0 aliphatic carbocycles. The fraction of sp³-hybridized carbons (Fsp3) is 0.385. The maximum absolute atomic E-state index is 11.5. The van der Waals surface area contributed by atoms with Crippen LogP contribution in [0.2, 0.25) is 0 Å². The second-order valence-electron chi connectivity index (χ2n) is 3.41. The average Bonchev–Trinajstić information content (AvgIpc) is 2.36. The van der Waals surface area contributed by atoms with Crippen molar-refractivity contribution in [3.63, 3.8) is 0 Å². The number of methoxy groups -OCH3 is 1. The Labute approximate surface area is 101 Å². The molecule has 17 heavy (non-hydrogen) atoms. The summed E-state index contributed by atoms with van der Waals surface area (Å²) < 4.78 is 10.1. The first-order chi connectivity index (χ1) is 8.22. The van der Waals surface area contributed by atoms with Crippen LogP contribution in [-0.4, -0.2) is 19.7 Å². The molecule has 1 rings (SSSR count). The van der Waals surface area contributed by atoms with Gasteiger partial charge in [0.2, 0.25) is 0 Å². The SMILES string of the molecule is CCOC(=O)c1ccc(CCC#N)c(OC)c1. The molecule has 1 aromatic carbocycles. The molecule has 0 radical (unpaired) electrons. The molecule has 0 fully saturated rings. The predicted octanol–water partition coefficient (Wildman–Crippen LogP) is 2.33. The topological polar surface area (TPSA) is 59.3 Å². The van der Waals surface area contributed by atoms with Gasteiger partial charge in [-0.1, -0.05) is 6.07 Å². The van der Waals surface area contributed by atoms with E-state index in [0.717, 1.165) is 5.56 Å². The number of rotatable bonds is 5. The number of nitrogens with zero attached hydrogens (tertiary/aromatic N) is 1. The van der Waals surface area contributed by atoms with E-state index in [1.807, 2.05) is 0 Å². The number of carbonyl (C=O) groups excluding carboxylic acids is 1. The van der Waals surface area contributed by atoms with Gasteiger partial charge in [-0.05, 0) is 31.0 Å². The van der Waals surface area contributed by atoms with Crippen LogP contribution in [0.5, 0.6) is 5.75 Å². The molecule has 90 valence electrons. The second kappa shape index (κ2) is 6.54. The summed E-state index contributed by atoms with van der Waals surface area (Å²) in [5, 5.41) is 8.54. The molecular formula is C13H15NO3. The van der Waals surface area contributed by atoms with Crippen molar-refractivity contribution in [3.05, 3.63) is 29.3 Å². The fourth-order valence-corrected chi connectivity index (χ4v) is 1.48. The summed E-state index contributed by atoms with van der Waals surface area (Å²) >= 11 is 0. The molecule has 0 N–H and O–H groups in total. The van der Waals surface area contributed by atoms with Gasteiger partial charge in [-0.2, -0.15) is 5.26 Å². The Morgan fingerprint density at radius 1 is 1.47 bits per heavy atom. The maximum atomic E-state index is 11.5. The molecule has 0 aliphatic heterocycles. The van der Waals surface area contributed by atoms with E-state index in [-0.39, 0.29) is 5.97 Å². The lowest BCUT2D eigenvalue weighted by Crippen LogP contribution is -2.05. The lowest BCUT2D eigenvalue weighted by Gasteiger charge is -2.09. The largest absolute Gasteiger partial charge is 0.496 e. The molecule has 4 nitrogen and oxygen atoms in total. The summed E-state index contributed by atoms with van der Waals surface area (Å²) in [5.74, 6) is 0.253. The van der Waals surface area contributed by atoms with Crippen molar-refractivity contribution >= 4 is 5.97 Å². The molecule has 0 aliphatic rings. The number of benzene rings is 1. The highest BCUT2D eigenvalue weighted by Gasteiger charge is 2.10. The van der Waals surface area contributed by atoms with Crippen LogP contribution in [0.1, 0.15) is 29.3 Å². The van der Waals surface area contributed by atoms with Crippen LogP contribution in [0.3, 0.4) is 0 Å². The molecule has 0 aromatic heterocycles. The van der Waals surface area contributed by atoms with Gasteiger partial charge in [0.15, 0.2) is 0 Å². The highest BCUT2D eigenvalue weighted by atomic mass is 16.5. The van der Waals surface area contributed by atoms with Crippen LogP contribution in [0.4, 0.5) is 0 Å². The lowest BCUT2D eigenvalue weighted by molar-refractivity contribution is 0.0526. The molecule has 4 heteroatoms. The van der Waals surface area contributed by atoms with Gasteiger partial charge >= 0.3 is 5.97 Å². The summed E-state index contributed by atoms with van der Waals surface area (Å²) in [6.45, 7) is 2.10.